The Morgan fingerprint density at radius 2 is 1.66 bits per heavy atom. The average Bonchev–Trinajstić information content (AvgIpc) is 3.24. The van der Waals surface area contributed by atoms with E-state index in [9.17, 15) is 14.0 Å². The quantitative estimate of drug-likeness (QED) is 0.591. The Balaban J connectivity index is 1.61. The molecule has 0 aromatic heterocycles. The van der Waals surface area contributed by atoms with Gasteiger partial charge in [-0.1, -0.05) is 54.6 Å². The summed E-state index contributed by atoms with van der Waals surface area (Å²) in [5.74, 6) is -0.276. The molecule has 3 aromatic carbocycles. The summed E-state index contributed by atoms with van der Waals surface area (Å²) in [6, 6.07) is 23.6. The molecule has 0 bridgehead atoms. The molecule has 1 aliphatic heterocycles. The average molecular weight is 431 g/mol. The van der Waals surface area contributed by atoms with Gasteiger partial charge in [0, 0.05) is 32.7 Å². The van der Waals surface area contributed by atoms with Crippen LogP contribution < -0.4 is 0 Å². The zero-order chi connectivity index (χ0) is 22.7. The van der Waals surface area contributed by atoms with E-state index in [2.05, 4.69) is 6.07 Å². The van der Waals surface area contributed by atoms with Crippen molar-refractivity contribution in [3.05, 3.63) is 95.8 Å². The lowest BCUT2D eigenvalue weighted by atomic mass is 9.79. The number of hydrogen-bond acceptors (Lipinski definition) is 2. The summed E-state index contributed by atoms with van der Waals surface area (Å²) in [4.78, 5) is 29.7. The van der Waals surface area contributed by atoms with Crippen LogP contribution >= 0.6 is 0 Å². The largest absolute Gasteiger partial charge is 0.348 e. The summed E-state index contributed by atoms with van der Waals surface area (Å²) in [7, 11) is 3.53. The second-order valence-electron chi connectivity index (χ2n) is 8.71. The van der Waals surface area contributed by atoms with E-state index in [1.807, 2.05) is 48.5 Å². The molecule has 164 valence electrons. The fraction of sp³-hybridized carbons (Fsp3) is 0.259. The normalized spacial score (nSPS) is 17.9. The smallest absolute Gasteiger partial charge is 0.253 e. The van der Waals surface area contributed by atoms with E-state index in [4.69, 9.17) is 0 Å². The first kappa shape index (κ1) is 21.8. The van der Waals surface area contributed by atoms with E-state index in [1.54, 1.807) is 36.0 Å². The first-order chi connectivity index (χ1) is 15.4. The molecule has 0 saturated carbocycles. The standard InChI is InChI=1S/C27H27FN2O2/c1-29(2)26(32)27(15-16-30(19-27)25(31)22-8-4-3-5-9-22)18-20-7-6-10-23(17-20)21-11-13-24(28)14-12-21/h3-14,17H,15-16,18-19H2,1-2H3. The number of benzene rings is 3. The molecule has 0 aliphatic carbocycles. The zero-order valence-corrected chi connectivity index (χ0v) is 18.4. The van der Waals surface area contributed by atoms with Crippen LogP contribution in [0.3, 0.4) is 0 Å². The van der Waals surface area contributed by atoms with Gasteiger partial charge in [0.25, 0.3) is 5.91 Å². The summed E-state index contributed by atoms with van der Waals surface area (Å²) in [6.45, 7) is 0.934. The Kier molecular flexibility index (Phi) is 6.08. The first-order valence-corrected chi connectivity index (χ1v) is 10.8. The van der Waals surface area contributed by atoms with Gasteiger partial charge < -0.3 is 9.80 Å². The van der Waals surface area contributed by atoms with Crippen molar-refractivity contribution < 1.29 is 14.0 Å². The van der Waals surface area contributed by atoms with Crippen molar-refractivity contribution in [2.75, 3.05) is 27.2 Å². The number of hydrogen-bond donors (Lipinski definition) is 0. The van der Waals surface area contributed by atoms with E-state index in [0.717, 1.165) is 16.7 Å². The van der Waals surface area contributed by atoms with Gasteiger partial charge in [-0.2, -0.15) is 0 Å². The molecule has 1 heterocycles. The molecule has 4 rings (SSSR count). The minimum absolute atomic E-state index is 0.0352. The Hall–Kier alpha value is -3.47. The predicted octanol–water partition coefficient (Wildman–Crippen LogP) is 4.66. The van der Waals surface area contributed by atoms with Crippen molar-refractivity contribution in [1.29, 1.82) is 0 Å². The number of rotatable bonds is 5. The fourth-order valence-corrected chi connectivity index (χ4v) is 4.57. The van der Waals surface area contributed by atoms with Crippen LogP contribution in [-0.2, 0) is 11.2 Å². The third kappa shape index (κ3) is 4.42. The number of likely N-dealkylation sites (tertiary alicyclic amines) is 1. The van der Waals surface area contributed by atoms with Crippen LogP contribution in [0.5, 0.6) is 0 Å². The maximum atomic E-state index is 13.3. The van der Waals surface area contributed by atoms with Crippen LogP contribution in [0.1, 0.15) is 22.3 Å². The summed E-state index contributed by atoms with van der Waals surface area (Å²) in [5.41, 5.74) is 2.89. The van der Waals surface area contributed by atoms with Crippen molar-refractivity contribution >= 4 is 11.8 Å². The van der Waals surface area contributed by atoms with Crippen LogP contribution in [0.2, 0.25) is 0 Å². The minimum Gasteiger partial charge on any atom is -0.348 e. The molecule has 0 radical (unpaired) electrons. The highest BCUT2D eigenvalue weighted by molar-refractivity contribution is 5.95. The summed E-state index contributed by atoms with van der Waals surface area (Å²) < 4.78 is 13.3. The SMILES string of the molecule is CN(C)C(=O)C1(Cc2cccc(-c3ccc(F)cc3)c2)CCN(C(=O)c2ccccc2)C1. The number of carbonyl (C=O) groups is 2. The van der Waals surface area contributed by atoms with Crippen LogP contribution in [0.4, 0.5) is 4.39 Å². The first-order valence-electron chi connectivity index (χ1n) is 10.8. The minimum atomic E-state index is -0.671. The van der Waals surface area contributed by atoms with E-state index in [-0.39, 0.29) is 17.6 Å². The van der Waals surface area contributed by atoms with E-state index in [1.165, 1.54) is 12.1 Å². The van der Waals surface area contributed by atoms with Gasteiger partial charge in [0.2, 0.25) is 5.91 Å². The zero-order valence-electron chi connectivity index (χ0n) is 18.4. The lowest BCUT2D eigenvalue weighted by Crippen LogP contribution is -2.44. The van der Waals surface area contributed by atoms with E-state index >= 15 is 0 Å². The third-order valence-corrected chi connectivity index (χ3v) is 6.17. The van der Waals surface area contributed by atoms with Gasteiger partial charge >= 0.3 is 0 Å². The van der Waals surface area contributed by atoms with Gasteiger partial charge in [0.1, 0.15) is 5.82 Å². The van der Waals surface area contributed by atoms with Crippen molar-refractivity contribution in [3.8, 4) is 11.1 Å². The van der Waals surface area contributed by atoms with E-state index in [0.29, 0.717) is 31.5 Å². The van der Waals surface area contributed by atoms with Gasteiger partial charge in [-0.3, -0.25) is 9.59 Å². The highest BCUT2D eigenvalue weighted by atomic mass is 19.1. The van der Waals surface area contributed by atoms with Crippen molar-refractivity contribution in [3.63, 3.8) is 0 Å². The van der Waals surface area contributed by atoms with Crippen LogP contribution in [-0.4, -0.2) is 48.8 Å². The molecule has 1 fully saturated rings. The van der Waals surface area contributed by atoms with Gasteiger partial charge in [-0.05, 0) is 53.8 Å². The molecule has 4 nitrogen and oxygen atoms in total. The van der Waals surface area contributed by atoms with Crippen LogP contribution in [0, 0.1) is 11.2 Å². The lowest BCUT2D eigenvalue weighted by Gasteiger charge is -2.31. The van der Waals surface area contributed by atoms with E-state index < -0.39 is 5.41 Å². The number of halogens is 1. The van der Waals surface area contributed by atoms with Gasteiger partial charge in [-0.15, -0.1) is 0 Å². The maximum Gasteiger partial charge on any atom is 0.253 e. The van der Waals surface area contributed by atoms with Gasteiger partial charge in [0.05, 0.1) is 5.41 Å². The lowest BCUT2D eigenvalue weighted by molar-refractivity contribution is -0.138. The Bertz CT molecular complexity index is 1110. The third-order valence-electron chi connectivity index (χ3n) is 6.17. The molecule has 32 heavy (non-hydrogen) atoms. The summed E-state index contributed by atoms with van der Waals surface area (Å²) in [5, 5.41) is 0. The molecule has 1 atom stereocenters. The molecule has 3 aromatic rings. The number of carbonyl (C=O) groups excluding carboxylic acids is 2. The predicted molar refractivity (Wildman–Crippen MR) is 124 cm³/mol. The number of amides is 2. The molecule has 1 saturated heterocycles. The molecule has 1 aliphatic rings. The Labute approximate surface area is 188 Å². The topological polar surface area (TPSA) is 40.6 Å². The Morgan fingerprint density at radius 1 is 0.938 bits per heavy atom. The fourth-order valence-electron chi connectivity index (χ4n) is 4.57. The molecule has 2 amide bonds. The molecule has 0 N–H and O–H groups in total. The second-order valence-corrected chi connectivity index (χ2v) is 8.71. The molecular weight excluding hydrogens is 403 g/mol. The number of nitrogens with zero attached hydrogens (tertiary/aromatic N) is 2. The summed E-state index contributed by atoms with van der Waals surface area (Å²) in [6.07, 6.45) is 1.15. The highest BCUT2D eigenvalue weighted by Crippen LogP contribution is 2.37. The molecular formula is C27H27FN2O2. The molecule has 0 spiro atoms. The molecule has 1 unspecified atom stereocenters. The van der Waals surface area contributed by atoms with Crippen LogP contribution in [0.15, 0.2) is 78.9 Å². The molecule has 5 heteroatoms. The van der Waals surface area contributed by atoms with Crippen molar-refractivity contribution in [1.82, 2.24) is 9.80 Å². The highest BCUT2D eigenvalue weighted by Gasteiger charge is 2.46. The second kappa shape index (κ2) is 8.95. The maximum absolute atomic E-state index is 13.3. The monoisotopic (exact) mass is 430 g/mol. The van der Waals surface area contributed by atoms with Crippen LogP contribution in [0.25, 0.3) is 11.1 Å². The van der Waals surface area contributed by atoms with Crippen molar-refractivity contribution in [2.24, 2.45) is 5.41 Å². The van der Waals surface area contributed by atoms with Crippen molar-refractivity contribution in [2.45, 2.75) is 12.8 Å². The summed E-state index contributed by atoms with van der Waals surface area (Å²) >= 11 is 0. The van der Waals surface area contributed by atoms with Gasteiger partial charge in [-0.25, -0.2) is 4.39 Å². The Morgan fingerprint density at radius 3 is 2.34 bits per heavy atom. The van der Waals surface area contributed by atoms with Gasteiger partial charge in [0.15, 0.2) is 0 Å².